The number of rotatable bonds is 1. The van der Waals surface area contributed by atoms with Crippen molar-refractivity contribution in [2.75, 3.05) is 5.73 Å². The van der Waals surface area contributed by atoms with Crippen molar-refractivity contribution in [2.24, 2.45) is 0 Å². The molecule has 1 aromatic carbocycles. The first-order valence-corrected chi connectivity index (χ1v) is 4.91. The fraction of sp³-hybridized carbons (Fsp3) is 0. The lowest BCUT2D eigenvalue weighted by Gasteiger charge is -1.98. The quantitative estimate of drug-likeness (QED) is 0.558. The van der Waals surface area contributed by atoms with Crippen molar-refractivity contribution >= 4 is 29.7 Å². The topological polar surface area (TPSA) is 51.8 Å². The van der Waals surface area contributed by atoms with Gasteiger partial charge in [0.25, 0.3) is 0 Å². The first-order valence-electron chi connectivity index (χ1n) is 3.65. The van der Waals surface area contributed by atoms with E-state index in [4.69, 9.17) is 5.73 Å². The summed E-state index contributed by atoms with van der Waals surface area (Å²) in [5, 5.41) is 8.58. The van der Waals surface area contributed by atoms with Gasteiger partial charge >= 0.3 is 0 Å². The van der Waals surface area contributed by atoms with E-state index in [0.717, 1.165) is 10.6 Å². The Bertz CT molecular complexity index is 425. The SMILES string of the molecule is Nc1ccccc1-c1nnc(S)s1. The highest BCUT2D eigenvalue weighted by Gasteiger charge is 2.06. The predicted molar refractivity (Wildman–Crippen MR) is 57.0 cm³/mol. The maximum absolute atomic E-state index is 5.78. The third-order valence-electron chi connectivity index (χ3n) is 1.61. The molecule has 2 rings (SSSR count). The molecule has 3 nitrogen and oxygen atoms in total. The lowest BCUT2D eigenvalue weighted by Crippen LogP contribution is -1.88. The summed E-state index contributed by atoms with van der Waals surface area (Å²) >= 11 is 5.51. The van der Waals surface area contributed by atoms with Gasteiger partial charge in [0.15, 0.2) is 9.35 Å². The van der Waals surface area contributed by atoms with Gasteiger partial charge in [-0.2, -0.15) is 0 Å². The molecule has 0 bridgehead atoms. The Labute approximate surface area is 85.0 Å². The summed E-state index contributed by atoms with van der Waals surface area (Å²) in [7, 11) is 0. The molecule has 5 heteroatoms. The monoisotopic (exact) mass is 209 g/mol. The molecule has 0 unspecified atom stereocenters. The second kappa shape index (κ2) is 3.35. The summed E-state index contributed by atoms with van der Waals surface area (Å²) in [6.07, 6.45) is 0. The standard InChI is InChI=1S/C8H7N3S2/c9-6-4-2-1-3-5(6)7-10-11-8(12)13-7/h1-4H,9H2,(H,11,12). The van der Waals surface area contributed by atoms with Crippen LogP contribution in [0.5, 0.6) is 0 Å². The van der Waals surface area contributed by atoms with E-state index in [1.54, 1.807) is 0 Å². The number of aromatic nitrogens is 2. The van der Waals surface area contributed by atoms with Crippen LogP contribution in [0.1, 0.15) is 0 Å². The molecule has 0 aliphatic heterocycles. The zero-order valence-electron chi connectivity index (χ0n) is 6.64. The summed E-state index contributed by atoms with van der Waals surface area (Å²) in [6, 6.07) is 7.57. The minimum Gasteiger partial charge on any atom is -0.398 e. The second-order valence-corrected chi connectivity index (χ2v) is 4.18. The Morgan fingerprint density at radius 1 is 1.23 bits per heavy atom. The maximum atomic E-state index is 5.78. The molecule has 66 valence electrons. The molecule has 1 aromatic heterocycles. The van der Waals surface area contributed by atoms with Crippen molar-refractivity contribution in [3.63, 3.8) is 0 Å². The highest BCUT2D eigenvalue weighted by atomic mass is 32.2. The van der Waals surface area contributed by atoms with Crippen molar-refractivity contribution in [3.05, 3.63) is 24.3 Å². The smallest absolute Gasteiger partial charge is 0.171 e. The van der Waals surface area contributed by atoms with Gasteiger partial charge in [-0.3, -0.25) is 0 Å². The normalized spacial score (nSPS) is 10.2. The van der Waals surface area contributed by atoms with Crippen molar-refractivity contribution in [1.82, 2.24) is 10.2 Å². The van der Waals surface area contributed by atoms with Crippen LogP contribution in [0, 0.1) is 0 Å². The number of thiol groups is 1. The number of anilines is 1. The number of nitrogens with two attached hydrogens (primary N) is 1. The summed E-state index contributed by atoms with van der Waals surface area (Å²) in [4.78, 5) is 0. The number of hydrogen-bond donors (Lipinski definition) is 2. The Morgan fingerprint density at radius 3 is 2.62 bits per heavy atom. The summed E-state index contributed by atoms with van der Waals surface area (Å²) in [5.41, 5.74) is 7.41. The van der Waals surface area contributed by atoms with Gasteiger partial charge in [-0.05, 0) is 12.1 Å². The minimum atomic E-state index is 0.651. The molecule has 1 heterocycles. The van der Waals surface area contributed by atoms with Crippen LogP contribution in [0.4, 0.5) is 5.69 Å². The van der Waals surface area contributed by atoms with Crippen molar-refractivity contribution in [3.8, 4) is 10.6 Å². The van der Waals surface area contributed by atoms with Gasteiger partial charge in [-0.25, -0.2) is 0 Å². The first kappa shape index (κ1) is 8.52. The number of nitrogens with zero attached hydrogens (tertiary/aromatic N) is 2. The number of benzene rings is 1. The van der Waals surface area contributed by atoms with Gasteiger partial charge < -0.3 is 5.73 Å². The van der Waals surface area contributed by atoms with Crippen LogP contribution in [0.3, 0.4) is 0 Å². The predicted octanol–water partition coefficient (Wildman–Crippen LogP) is 2.08. The van der Waals surface area contributed by atoms with Gasteiger partial charge in [-0.15, -0.1) is 22.8 Å². The molecule has 0 saturated carbocycles. The van der Waals surface area contributed by atoms with Crippen molar-refractivity contribution < 1.29 is 0 Å². The van der Waals surface area contributed by atoms with Crippen LogP contribution in [0.15, 0.2) is 28.6 Å². The zero-order chi connectivity index (χ0) is 9.26. The van der Waals surface area contributed by atoms with Crippen molar-refractivity contribution in [2.45, 2.75) is 4.34 Å². The molecule has 0 spiro atoms. The largest absolute Gasteiger partial charge is 0.398 e. The lowest BCUT2D eigenvalue weighted by atomic mass is 10.2. The molecule has 0 saturated heterocycles. The van der Waals surface area contributed by atoms with Crippen LogP contribution < -0.4 is 5.73 Å². The summed E-state index contributed by atoms with van der Waals surface area (Å²) < 4.78 is 0.651. The second-order valence-electron chi connectivity index (χ2n) is 2.48. The Morgan fingerprint density at radius 2 is 2.00 bits per heavy atom. The summed E-state index contributed by atoms with van der Waals surface area (Å²) in [5.74, 6) is 0. The molecule has 0 aliphatic rings. The highest BCUT2D eigenvalue weighted by molar-refractivity contribution is 7.82. The van der Waals surface area contributed by atoms with Crippen LogP contribution in [0.2, 0.25) is 0 Å². The minimum absolute atomic E-state index is 0.651. The Hall–Kier alpha value is -1.07. The number of para-hydroxylation sites is 1. The van der Waals surface area contributed by atoms with Crippen LogP contribution in [-0.2, 0) is 0 Å². The molecule has 0 fully saturated rings. The highest BCUT2D eigenvalue weighted by Crippen LogP contribution is 2.29. The third kappa shape index (κ3) is 1.66. The molecule has 0 atom stereocenters. The van der Waals surface area contributed by atoms with E-state index in [2.05, 4.69) is 22.8 Å². The van der Waals surface area contributed by atoms with Gasteiger partial charge in [0.2, 0.25) is 0 Å². The maximum Gasteiger partial charge on any atom is 0.171 e. The first-order chi connectivity index (χ1) is 6.27. The third-order valence-corrected chi connectivity index (χ3v) is 2.73. The zero-order valence-corrected chi connectivity index (χ0v) is 8.35. The molecular weight excluding hydrogens is 202 g/mol. The molecule has 2 N–H and O–H groups in total. The fourth-order valence-corrected chi connectivity index (χ4v) is 1.95. The van der Waals surface area contributed by atoms with Gasteiger partial charge in [-0.1, -0.05) is 23.5 Å². The Balaban J connectivity index is 2.52. The number of hydrogen-bond acceptors (Lipinski definition) is 5. The van der Waals surface area contributed by atoms with E-state index >= 15 is 0 Å². The van der Waals surface area contributed by atoms with E-state index in [0.29, 0.717) is 10.0 Å². The molecule has 0 radical (unpaired) electrons. The van der Waals surface area contributed by atoms with E-state index in [-0.39, 0.29) is 0 Å². The molecular formula is C8H7N3S2. The van der Waals surface area contributed by atoms with Gasteiger partial charge in [0.1, 0.15) is 0 Å². The molecule has 0 amide bonds. The molecule has 0 aliphatic carbocycles. The average molecular weight is 209 g/mol. The van der Waals surface area contributed by atoms with E-state index < -0.39 is 0 Å². The molecule has 13 heavy (non-hydrogen) atoms. The van der Waals surface area contributed by atoms with Crippen LogP contribution in [-0.4, -0.2) is 10.2 Å². The van der Waals surface area contributed by atoms with Gasteiger partial charge in [0.05, 0.1) is 0 Å². The van der Waals surface area contributed by atoms with Gasteiger partial charge in [0, 0.05) is 11.3 Å². The average Bonchev–Trinajstić information content (AvgIpc) is 2.53. The lowest BCUT2D eigenvalue weighted by molar-refractivity contribution is 1.02. The molecule has 2 aromatic rings. The number of nitrogen functional groups attached to an aromatic ring is 1. The Kier molecular flexibility index (Phi) is 2.20. The van der Waals surface area contributed by atoms with Crippen molar-refractivity contribution in [1.29, 1.82) is 0 Å². The van der Waals surface area contributed by atoms with E-state index in [1.807, 2.05) is 24.3 Å². The fourth-order valence-electron chi connectivity index (χ4n) is 1.02. The van der Waals surface area contributed by atoms with E-state index in [9.17, 15) is 0 Å². The van der Waals surface area contributed by atoms with Crippen LogP contribution in [0.25, 0.3) is 10.6 Å². The van der Waals surface area contributed by atoms with E-state index in [1.165, 1.54) is 11.3 Å². The van der Waals surface area contributed by atoms with Crippen LogP contribution >= 0.6 is 24.0 Å². The summed E-state index contributed by atoms with van der Waals surface area (Å²) in [6.45, 7) is 0.